The Hall–Kier alpha value is -1.84. The molecule has 2 rings (SSSR count). The fourth-order valence-electron chi connectivity index (χ4n) is 3.35. The number of fused-ring (bicyclic) bond motifs is 1. The van der Waals surface area contributed by atoms with Crippen molar-refractivity contribution in [1.82, 2.24) is 14.9 Å². The number of benzene rings is 1. The monoisotopic (exact) mass is 371 g/mol. The second-order valence-corrected chi connectivity index (χ2v) is 8.55. The number of carbonyl (C=O) groups excluding carboxylic acids is 1. The summed E-state index contributed by atoms with van der Waals surface area (Å²) in [5, 5.41) is 3.05. The molecule has 0 radical (unpaired) electrons. The van der Waals surface area contributed by atoms with Crippen LogP contribution >= 0.6 is 0 Å². The molecule has 27 heavy (non-hydrogen) atoms. The van der Waals surface area contributed by atoms with Crippen LogP contribution in [0, 0.1) is 5.41 Å². The topological polar surface area (TPSA) is 46.9 Å². The largest absolute Gasteiger partial charge is 0.355 e. The number of imidazole rings is 1. The summed E-state index contributed by atoms with van der Waals surface area (Å²) in [6, 6.07) is 8.35. The van der Waals surface area contributed by atoms with Gasteiger partial charge in [-0.05, 0) is 18.6 Å². The van der Waals surface area contributed by atoms with Crippen molar-refractivity contribution in [3.05, 3.63) is 30.1 Å². The van der Waals surface area contributed by atoms with Gasteiger partial charge in [-0.2, -0.15) is 0 Å². The van der Waals surface area contributed by atoms with E-state index in [2.05, 4.69) is 35.0 Å². The molecule has 0 aliphatic carbocycles. The van der Waals surface area contributed by atoms with Crippen LogP contribution in [0.2, 0.25) is 0 Å². The average Bonchev–Trinajstić information content (AvgIpc) is 2.97. The first-order chi connectivity index (χ1) is 12.9. The predicted molar refractivity (Wildman–Crippen MR) is 114 cm³/mol. The molecule has 1 aromatic carbocycles. The van der Waals surface area contributed by atoms with E-state index in [1.165, 1.54) is 50.5 Å². The zero-order chi connectivity index (χ0) is 19.7. The van der Waals surface area contributed by atoms with E-state index in [4.69, 9.17) is 4.98 Å². The molecule has 1 N–H and O–H groups in total. The SMILES string of the molecule is CCCCCCCCCn1c(CCNC(=O)C(C)(C)C)nc2ccccc21. The van der Waals surface area contributed by atoms with Crippen molar-refractivity contribution in [2.45, 2.75) is 85.6 Å². The molecule has 150 valence electrons. The molecule has 0 aliphatic rings. The van der Waals surface area contributed by atoms with E-state index >= 15 is 0 Å². The first-order valence-electron chi connectivity index (χ1n) is 10.7. The molecule has 0 saturated carbocycles. The first kappa shape index (κ1) is 21.5. The van der Waals surface area contributed by atoms with Gasteiger partial charge >= 0.3 is 0 Å². The highest BCUT2D eigenvalue weighted by Crippen LogP contribution is 2.18. The van der Waals surface area contributed by atoms with Crippen molar-refractivity contribution in [2.75, 3.05) is 6.54 Å². The molecule has 2 aromatic rings. The second-order valence-electron chi connectivity index (χ2n) is 8.55. The summed E-state index contributed by atoms with van der Waals surface area (Å²) in [6.07, 6.45) is 9.93. The van der Waals surface area contributed by atoms with Gasteiger partial charge < -0.3 is 9.88 Å². The Kier molecular flexibility index (Phi) is 8.33. The van der Waals surface area contributed by atoms with Gasteiger partial charge in [-0.15, -0.1) is 0 Å². The molecular weight excluding hydrogens is 334 g/mol. The van der Waals surface area contributed by atoms with Gasteiger partial charge in [-0.3, -0.25) is 4.79 Å². The standard InChI is InChI=1S/C23H37N3O/c1-5-6-7-8-9-10-13-18-26-20-15-12-11-14-19(20)25-21(26)16-17-24-22(27)23(2,3)4/h11-12,14-15H,5-10,13,16-18H2,1-4H3,(H,24,27). The molecule has 0 atom stereocenters. The molecule has 0 spiro atoms. The lowest BCUT2D eigenvalue weighted by molar-refractivity contribution is -0.128. The molecule has 0 unspecified atom stereocenters. The summed E-state index contributed by atoms with van der Waals surface area (Å²) in [5.41, 5.74) is 1.91. The van der Waals surface area contributed by atoms with Crippen molar-refractivity contribution in [1.29, 1.82) is 0 Å². The van der Waals surface area contributed by atoms with E-state index in [0.717, 1.165) is 24.3 Å². The normalized spacial score (nSPS) is 11.9. The quantitative estimate of drug-likeness (QED) is 0.531. The van der Waals surface area contributed by atoms with Gasteiger partial charge in [0.1, 0.15) is 5.82 Å². The zero-order valence-electron chi connectivity index (χ0n) is 17.7. The fraction of sp³-hybridized carbons (Fsp3) is 0.652. The maximum atomic E-state index is 12.1. The molecule has 4 nitrogen and oxygen atoms in total. The number of nitrogens with zero attached hydrogens (tertiary/aromatic N) is 2. The van der Waals surface area contributed by atoms with E-state index in [-0.39, 0.29) is 11.3 Å². The fourth-order valence-corrected chi connectivity index (χ4v) is 3.35. The lowest BCUT2D eigenvalue weighted by Gasteiger charge is -2.17. The van der Waals surface area contributed by atoms with Crippen molar-refractivity contribution < 1.29 is 4.79 Å². The van der Waals surface area contributed by atoms with Gasteiger partial charge in [-0.25, -0.2) is 4.98 Å². The third-order valence-electron chi connectivity index (χ3n) is 5.03. The number of hydrogen-bond acceptors (Lipinski definition) is 2. The first-order valence-corrected chi connectivity index (χ1v) is 10.7. The van der Waals surface area contributed by atoms with Crippen molar-refractivity contribution >= 4 is 16.9 Å². The van der Waals surface area contributed by atoms with E-state index in [1.807, 2.05) is 26.8 Å². The van der Waals surface area contributed by atoms with Crippen LogP contribution in [-0.4, -0.2) is 22.0 Å². The van der Waals surface area contributed by atoms with Crippen LogP contribution < -0.4 is 5.32 Å². The lowest BCUT2D eigenvalue weighted by Crippen LogP contribution is -2.36. The molecule has 0 fully saturated rings. The summed E-state index contributed by atoms with van der Waals surface area (Å²) in [6.45, 7) is 9.73. The lowest BCUT2D eigenvalue weighted by atomic mass is 9.96. The number of nitrogens with one attached hydrogen (secondary N) is 1. The van der Waals surface area contributed by atoms with Crippen LogP contribution in [0.25, 0.3) is 11.0 Å². The van der Waals surface area contributed by atoms with Crippen LogP contribution in [0.5, 0.6) is 0 Å². The van der Waals surface area contributed by atoms with Gasteiger partial charge in [0.2, 0.25) is 5.91 Å². The summed E-state index contributed by atoms with van der Waals surface area (Å²) in [7, 11) is 0. The number of amides is 1. The van der Waals surface area contributed by atoms with Crippen molar-refractivity contribution in [3.8, 4) is 0 Å². The van der Waals surface area contributed by atoms with Crippen molar-refractivity contribution in [2.24, 2.45) is 5.41 Å². The minimum absolute atomic E-state index is 0.0947. The van der Waals surface area contributed by atoms with E-state index in [0.29, 0.717) is 6.54 Å². The molecule has 0 saturated heterocycles. The van der Waals surface area contributed by atoms with Gasteiger partial charge in [-0.1, -0.05) is 78.4 Å². The number of rotatable bonds is 11. The highest BCUT2D eigenvalue weighted by molar-refractivity contribution is 5.81. The second kappa shape index (κ2) is 10.5. The Balaban J connectivity index is 1.93. The minimum Gasteiger partial charge on any atom is -0.355 e. The maximum absolute atomic E-state index is 12.1. The predicted octanol–water partition coefficient (Wildman–Crippen LogP) is 5.49. The highest BCUT2D eigenvalue weighted by Gasteiger charge is 2.20. The Labute approximate surface area is 164 Å². The number of carbonyl (C=O) groups is 1. The summed E-state index contributed by atoms with van der Waals surface area (Å²) in [5.74, 6) is 1.17. The molecule has 0 aliphatic heterocycles. The Morgan fingerprint density at radius 2 is 1.70 bits per heavy atom. The summed E-state index contributed by atoms with van der Waals surface area (Å²) in [4.78, 5) is 16.9. The summed E-state index contributed by atoms with van der Waals surface area (Å²) < 4.78 is 2.35. The number of para-hydroxylation sites is 2. The van der Waals surface area contributed by atoms with E-state index in [1.54, 1.807) is 0 Å². The molecule has 1 amide bonds. The third-order valence-corrected chi connectivity index (χ3v) is 5.03. The smallest absolute Gasteiger partial charge is 0.225 e. The molecule has 4 heteroatoms. The molecular formula is C23H37N3O. The van der Waals surface area contributed by atoms with E-state index < -0.39 is 0 Å². The number of unbranched alkanes of at least 4 members (excludes halogenated alkanes) is 6. The van der Waals surface area contributed by atoms with Crippen LogP contribution in [0.15, 0.2) is 24.3 Å². The summed E-state index contributed by atoms with van der Waals surface area (Å²) >= 11 is 0. The number of aromatic nitrogens is 2. The van der Waals surface area contributed by atoms with Gasteiger partial charge in [0.25, 0.3) is 0 Å². The average molecular weight is 372 g/mol. The third kappa shape index (κ3) is 6.67. The van der Waals surface area contributed by atoms with Gasteiger partial charge in [0.05, 0.1) is 11.0 Å². The molecule has 0 bridgehead atoms. The van der Waals surface area contributed by atoms with E-state index in [9.17, 15) is 4.79 Å². The minimum atomic E-state index is -0.349. The Bertz CT molecular complexity index is 712. The van der Waals surface area contributed by atoms with Crippen LogP contribution in [0.1, 0.15) is 78.5 Å². The zero-order valence-corrected chi connectivity index (χ0v) is 17.7. The van der Waals surface area contributed by atoms with Crippen LogP contribution in [-0.2, 0) is 17.8 Å². The van der Waals surface area contributed by atoms with Crippen molar-refractivity contribution in [3.63, 3.8) is 0 Å². The van der Waals surface area contributed by atoms with Gasteiger partial charge in [0, 0.05) is 24.9 Å². The Morgan fingerprint density at radius 3 is 2.41 bits per heavy atom. The highest BCUT2D eigenvalue weighted by atomic mass is 16.2. The molecule has 1 heterocycles. The molecule has 1 aromatic heterocycles. The maximum Gasteiger partial charge on any atom is 0.225 e. The number of aryl methyl sites for hydroxylation is 1. The Morgan fingerprint density at radius 1 is 1.04 bits per heavy atom. The number of hydrogen-bond donors (Lipinski definition) is 1. The van der Waals surface area contributed by atoms with Crippen LogP contribution in [0.4, 0.5) is 0 Å². The van der Waals surface area contributed by atoms with Gasteiger partial charge in [0.15, 0.2) is 0 Å². The van der Waals surface area contributed by atoms with Crippen LogP contribution in [0.3, 0.4) is 0 Å².